The fourth-order valence-corrected chi connectivity index (χ4v) is 2.67. The third kappa shape index (κ3) is 2.97. The first-order valence-electron chi connectivity index (χ1n) is 7.65. The zero-order valence-corrected chi connectivity index (χ0v) is 13.3. The second kappa shape index (κ2) is 6.92. The van der Waals surface area contributed by atoms with E-state index in [1.165, 1.54) is 6.08 Å². The number of para-hydroxylation sites is 1. The summed E-state index contributed by atoms with van der Waals surface area (Å²) in [4.78, 5) is 8.74. The number of hydrogen-bond acceptors (Lipinski definition) is 4. The standard InChI is InChI=1S/C19H18BN3O/c1-3-9-16(14-17(24)4-2)23-19-18(12-8-13-21-19)22(20-23)15-10-6-5-7-11-15/h3-14,20,24H,1-2H2/b16-9+,17-14+. The maximum Gasteiger partial charge on any atom is 0.367 e. The van der Waals surface area contributed by atoms with Gasteiger partial charge in [-0.15, -0.1) is 0 Å². The predicted molar refractivity (Wildman–Crippen MR) is 102 cm³/mol. The van der Waals surface area contributed by atoms with Crippen molar-refractivity contribution in [2.24, 2.45) is 0 Å². The van der Waals surface area contributed by atoms with Crippen molar-refractivity contribution in [2.45, 2.75) is 0 Å². The van der Waals surface area contributed by atoms with Gasteiger partial charge in [0.25, 0.3) is 0 Å². The molecule has 2 aromatic rings. The SMILES string of the molecule is C=C/C=C(\C=C(\O)C=C)N1BN(c2ccccc2)c2cccnc21. The van der Waals surface area contributed by atoms with Crippen molar-refractivity contribution in [3.8, 4) is 0 Å². The molecule has 0 bridgehead atoms. The first-order chi connectivity index (χ1) is 11.7. The van der Waals surface area contributed by atoms with Crippen LogP contribution >= 0.6 is 0 Å². The summed E-state index contributed by atoms with van der Waals surface area (Å²) >= 11 is 0. The number of rotatable bonds is 5. The molecule has 3 rings (SSSR count). The van der Waals surface area contributed by atoms with Gasteiger partial charge in [-0.25, -0.2) is 4.98 Å². The number of benzene rings is 1. The molecule has 0 unspecified atom stereocenters. The number of fused-ring (bicyclic) bond motifs is 1. The van der Waals surface area contributed by atoms with Gasteiger partial charge in [0.2, 0.25) is 0 Å². The first-order valence-corrected chi connectivity index (χ1v) is 7.65. The Morgan fingerprint density at radius 1 is 1.12 bits per heavy atom. The molecule has 0 spiro atoms. The Morgan fingerprint density at radius 2 is 1.92 bits per heavy atom. The molecule has 1 aromatic carbocycles. The van der Waals surface area contributed by atoms with Gasteiger partial charge in [0.05, 0.1) is 5.69 Å². The van der Waals surface area contributed by atoms with Crippen LogP contribution in [0.25, 0.3) is 0 Å². The highest BCUT2D eigenvalue weighted by Crippen LogP contribution is 2.39. The molecule has 0 aliphatic carbocycles. The molecule has 0 atom stereocenters. The van der Waals surface area contributed by atoms with Crippen LogP contribution in [-0.2, 0) is 0 Å². The Kier molecular flexibility index (Phi) is 4.52. The summed E-state index contributed by atoms with van der Waals surface area (Å²) in [5, 5.41) is 9.85. The molecule has 0 amide bonds. The van der Waals surface area contributed by atoms with E-state index in [0.717, 1.165) is 22.9 Å². The minimum absolute atomic E-state index is 0.0961. The van der Waals surface area contributed by atoms with Crippen molar-refractivity contribution in [2.75, 3.05) is 9.62 Å². The molecule has 1 aliphatic rings. The van der Waals surface area contributed by atoms with Crippen molar-refractivity contribution >= 4 is 24.7 Å². The van der Waals surface area contributed by atoms with E-state index < -0.39 is 0 Å². The normalized spacial score (nSPS) is 14.2. The summed E-state index contributed by atoms with van der Waals surface area (Å²) in [6, 6.07) is 14.1. The number of allylic oxidation sites excluding steroid dienone is 4. The van der Waals surface area contributed by atoms with E-state index in [1.807, 2.05) is 41.2 Å². The summed E-state index contributed by atoms with van der Waals surface area (Å²) in [5.74, 6) is 0.932. The Morgan fingerprint density at radius 3 is 2.62 bits per heavy atom. The van der Waals surface area contributed by atoms with Crippen LogP contribution in [0.15, 0.2) is 97.6 Å². The molecule has 0 radical (unpaired) electrons. The highest BCUT2D eigenvalue weighted by atomic mass is 16.3. The Balaban J connectivity index is 2.06. The van der Waals surface area contributed by atoms with Crippen molar-refractivity contribution in [1.29, 1.82) is 0 Å². The summed E-state index contributed by atoms with van der Waals surface area (Å²) < 4.78 is 0. The fraction of sp³-hybridized carbons (Fsp3) is 0. The van der Waals surface area contributed by atoms with Crippen LogP contribution in [0.2, 0.25) is 0 Å². The predicted octanol–water partition coefficient (Wildman–Crippen LogP) is 4.00. The smallest absolute Gasteiger partial charge is 0.367 e. The lowest BCUT2D eigenvalue weighted by Crippen LogP contribution is -2.31. The quantitative estimate of drug-likeness (QED) is 0.514. The molecule has 1 aromatic heterocycles. The van der Waals surface area contributed by atoms with Crippen LogP contribution in [0, 0.1) is 0 Å². The topological polar surface area (TPSA) is 39.6 Å². The highest BCUT2D eigenvalue weighted by Gasteiger charge is 2.31. The minimum atomic E-state index is 0.0961. The van der Waals surface area contributed by atoms with Gasteiger partial charge in [-0.3, -0.25) is 0 Å². The molecule has 0 fully saturated rings. The molecule has 4 nitrogen and oxygen atoms in total. The molecule has 118 valence electrons. The number of hydrogen-bond donors (Lipinski definition) is 1. The van der Waals surface area contributed by atoms with Crippen LogP contribution in [0.4, 0.5) is 17.2 Å². The lowest BCUT2D eigenvalue weighted by molar-refractivity contribution is 0.432. The number of aromatic nitrogens is 1. The summed E-state index contributed by atoms with van der Waals surface area (Å²) in [5.41, 5.74) is 2.90. The zero-order chi connectivity index (χ0) is 16.9. The number of aliphatic hydroxyl groups excluding tert-OH is 1. The van der Waals surface area contributed by atoms with Gasteiger partial charge in [0.15, 0.2) is 0 Å². The van der Waals surface area contributed by atoms with Gasteiger partial charge in [0.1, 0.15) is 11.6 Å². The fourth-order valence-electron chi connectivity index (χ4n) is 2.67. The summed E-state index contributed by atoms with van der Waals surface area (Å²) in [6.45, 7) is 7.36. The highest BCUT2D eigenvalue weighted by molar-refractivity contribution is 6.54. The van der Waals surface area contributed by atoms with E-state index in [1.54, 1.807) is 18.3 Å². The number of nitrogens with zero attached hydrogens (tertiary/aromatic N) is 3. The monoisotopic (exact) mass is 315 g/mol. The van der Waals surface area contributed by atoms with Gasteiger partial charge >= 0.3 is 7.55 Å². The molecular weight excluding hydrogens is 297 g/mol. The lowest BCUT2D eigenvalue weighted by atomic mass is 10.0. The van der Waals surface area contributed by atoms with Crippen molar-refractivity contribution in [1.82, 2.24) is 4.98 Å². The second-order valence-corrected chi connectivity index (χ2v) is 5.28. The average molecular weight is 315 g/mol. The van der Waals surface area contributed by atoms with E-state index in [4.69, 9.17) is 0 Å². The number of anilines is 3. The van der Waals surface area contributed by atoms with E-state index in [9.17, 15) is 5.11 Å². The van der Waals surface area contributed by atoms with Crippen LogP contribution in [0.3, 0.4) is 0 Å². The molecule has 5 heteroatoms. The first kappa shape index (κ1) is 15.7. The summed E-state index contributed by atoms with van der Waals surface area (Å²) in [7, 11) is 0.594. The minimum Gasteiger partial charge on any atom is -0.508 e. The third-order valence-electron chi connectivity index (χ3n) is 3.77. The van der Waals surface area contributed by atoms with Gasteiger partial charge in [-0.05, 0) is 36.4 Å². The van der Waals surface area contributed by atoms with Gasteiger partial charge < -0.3 is 14.7 Å². The third-order valence-corrected chi connectivity index (χ3v) is 3.77. The van der Waals surface area contributed by atoms with Crippen molar-refractivity contribution in [3.05, 3.63) is 97.6 Å². The number of pyridine rings is 1. The second-order valence-electron chi connectivity index (χ2n) is 5.28. The Labute approximate surface area is 142 Å². The molecule has 1 aliphatic heterocycles. The number of aliphatic hydroxyl groups is 1. The van der Waals surface area contributed by atoms with E-state index in [-0.39, 0.29) is 5.76 Å². The maximum absolute atomic E-state index is 9.85. The van der Waals surface area contributed by atoms with Crippen LogP contribution < -0.4 is 9.62 Å². The lowest BCUT2D eigenvalue weighted by Gasteiger charge is -2.20. The molecular formula is C19H18BN3O. The van der Waals surface area contributed by atoms with E-state index in [0.29, 0.717) is 7.55 Å². The molecule has 24 heavy (non-hydrogen) atoms. The van der Waals surface area contributed by atoms with E-state index >= 15 is 0 Å². The summed E-state index contributed by atoms with van der Waals surface area (Å²) in [6.07, 6.45) is 8.36. The molecule has 0 saturated carbocycles. The van der Waals surface area contributed by atoms with E-state index in [2.05, 4.69) is 35.1 Å². The Bertz CT molecular complexity index is 814. The molecule has 0 saturated heterocycles. The molecule has 1 N–H and O–H groups in total. The zero-order valence-electron chi connectivity index (χ0n) is 13.3. The average Bonchev–Trinajstić information content (AvgIpc) is 3.01. The molecule has 2 heterocycles. The van der Waals surface area contributed by atoms with Gasteiger partial charge in [-0.2, -0.15) is 0 Å². The van der Waals surface area contributed by atoms with Gasteiger partial charge in [0, 0.05) is 23.7 Å². The van der Waals surface area contributed by atoms with Crippen molar-refractivity contribution < 1.29 is 5.11 Å². The Hall–Kier alpha value is -3.21. The van der Waals surface area contributed by atoms with Crippen LogP contribution in [0.5, 0.6) is 0 Å². The van der Waals surface area contributed by atoms with Crippen LogP contribution in [-0.4, -0.2) is 17.6 Å². The largest absolute Gasteiger partial charge is 0.508 e. The van der Waals surface area contributed by atoms with Crippen LogP contribution in [0.1, 0.15) is 0 Å². The van der Waals surface area contributed by atoms with Gasteiger partial charge in [-0.1, -0.05) is 37.4 Å². The van der Waals surface area contributed by atoms with Crippen molar-refractivity contribution in [3.63, 3.8) is 0 Å². The maximum atomic E-state index is 9.85.